The largest absolute Gasteiger partial charge is 0.486 e. The SMILES string of the molecule is CC(C)NC(=O)c1ccc(COc2ccc3c(c2)[C@@H](c2ccccc2)N(C(=O)C(C)(C)C)CC3)o1. The second kappa shape index (κ2) is 9.98. The monoisotopic (exact) mass is 474 g/mol. The zero-order chi connectivity index (χ0) is 25.2. The van der Waals surface area contributed by atoms with Gasteiger partial charge in [-0.2, -0.15) is 0 Å². The van der Waals surface area contributed by atoms with E-state index in [-0.39, 0.29) is 36.3 Å². The highest BCUT2D eigenvalue weighted by Gasteiger charge is 2.37. The summed E-state index contributed by atoms with van der Waals surface area (Å²) in [6.07, 6.45) is 0.799. The molecule has 0 saturated heterocycles. The molecule has 0 spiro atoms. The molecular formula is C29H34N2O4. The summed E-state index contributed by atoms with van der Waals surface area (Å²) in [4.78, 5) is 27.5. The van der Waals surface area contributed by atoms with Gasteiger partial charge in [-0.05, 0) is 61.2 Å². The molecule has 1 aliphatic rings. The van der Waals surface area contributed by atoms with Crippen LogP contribution in [0.5, 0.6) is 5.75 Å². The minimum Gasteiger partial charge on any atom is -0.486 e. The standard InChI is InChI=1S/C29H34N2O4/c1-19(2)30-27(32)25-14-13-23(35-25)18-34-22-12-11-20-15-16-31(28(33)29(3,4)5)26(24(20)17-22)21-9-7-6-8-10-21/h6-14,17,19,26H,15-16,18H2,1-5H3,(H,30,32)/t26-/m1/s1. The van der Waals surface area contributed by atoms with E-state index in [1.54, 1.807) is 12.1 Å². The molecule has 184 valence electrons. The van der Waals surface area contributed by atoms with Gasteiger partial charge in [0.2, 0.25) is 5.91 Å². The van der Waals surface area contributed by atoms with Gasteiger partial charge in [0.25, 0.3) is 5.91 Å². The van der Waals surface area contributed by atoms with Crippen molar-refractivity contribution < 1.29 is 18.7 Å². The smallest absolute Gasteiger partial charge is 0.287 e. The molecule has 35 heavy (non-hydrogen) atoms. The van der Waals surface area contributed by atoms with E-state index in [0.29, 0.717) is 18.1 Å². The average molecular weight is 475 g/mol. The summed E-state index contributed by atoms with van der Waals surface area (Å²) in [7, 11) is 0. The molecule has 0 saturated carbocycles. The third-order valence-electron chi connectivity index (χ3n) is 6.05. The first-order valence-corrected chi connectivity index (χ1v) is 12.1. The Hall–Kier alpha value is -3.54. The molecule has 4 rings (SSSR count). The Labute approximate surface area is 207 Å². The van der Waals surface area contributed by atoms with Gasteiger partial charge in [-0.25, -0.2) is 0 Å². The van der Waals surface area contributed by atoms with Crippen molar-refractivity contribution in [2.24, 2.45) is 5.41 Å². The molecular weight excluding hydrogens is 440 g/mol. The van der Waals surface area contributed by atoms with Crippen LogP contribution in [-0.2, 0) is 17.8 Å². The number of furan rings is 1. The van der Waals surface area contributed by atoms with Crippen molar-refractivity contribution in [2.75, 3.05) is 6.54 Å². The highest BCUT2D eigenvalue weighted by atomic mass is 16.5. The third-order valence-corrected chi connectivity index (χ3v) is 6.05. The summed E-state index contributed by atoms with van der Waals surface area (Å²) in [5.74, 6) is 1.42. The van der Waals surface area contributed by atoms with Gasteiger partial charge in [0, 0.05) is 18.0 Å². The van der Waals surface area contributed by atoms with E-state index >= 15 is 0 Å². The number of carbonyl (C=O) groups excluding carboxylic acids is 2. The lowest BCUT2D eigenvalue weighted by Crippen LogP contribution is -2.45. The van der Waals surface area contributed by atoms with Crippen LogP contribution in [0.25, 0.3) is 0 Å². The van der Waals surface area contributed by atoms with Gasteiger partial charge in [-0.15, -0.1) is 0 Å². The molecule has 0 bridgehead atoms. The predicted molar refractivity (Wildman–Crippen MR) is 135 cm³/mol. The predicted octanol–water partition coefficient (Wildman–Crippen LogP) is 5.52. The molecule has 1 N–H and O–H groups in total. The second-order valence-corrected chi connectivity index (χ2v) is 10.4. The number of carbonyl (C=O) groups is 2. The van der Waals surface area contributed by atoms with Gasteiger partial charge < -0.3 is 19.4 Å². The van der Waals surface area contributed by atoms with Crippen molar-refractivity contribution >= 4 is 11.8 Å². The molecule has 0 aliphatic carbocycles. The zero-order valence-electron chi connectivity index (χ0n) is 21.1. The van der Waals surface area contributed by atoms with E-state index in [4.69, 9.17) is 9.15 Å². The van der Waals surface area contributed by atoms with Crippen LogP contribution in [0.1, 0.15) is 73.7 Å². The van der Waals surface area contributed by atoms with Crippen molar-refractivity contribution in [3.63, 3.8) is 0 Å². The number of benzene rings is 2. The molecule has 6 nitrogen and oxygen atoms in total. The molecule has 1 atom stereocenters. The lowest BCUT2D eigenvalue weighted by molar-refractivity contribution is -0.141. The van der Waals surface area contributed by atoms with Gasteiger partial charge in [0.05, 0.1) is 6.04 Å². The molecule has 0 unspecified atom stereocenters. The number of nitrogens with one attached hydrogen (secondary N) is 1. The first-order chi connectivity index (χ1) is 16.6. The maximum atomic E-state index is 13.4. The minimum atomic E-state index is -0.475. The Morgan fingerprint density at radius 2 is 1.83 bits per heavy atom. The number of amides is 2. The lowest BCUT2D eigenvalue weighted by atomic mass is 9.85. The minimum absolute atomic E-state index is 0.0325. The van der Waals surface area contributed by atoms with Crippen LogP contribution in [0, 0.1) is 5.41 Å². The zero-order valence-corrected chi connectivity index (χ0v) is 21.1. The summed E-state index contributed by atoms with van der Waals surface area (Å²) in [5.41, 5.74) is 2.90. The van der Waals surface area contributed by atoms with Crippen LogP contribution in [0.15, 0.2) is 65.1 Å². The summed E-state index contributed by atoms with van der Waals surface area (Å²) in [6, 6.07) is 19.5. The number of hydrogen-bond donors (Lipinski definition) is 1. The highest BCUT2D eigenvalue weighted by molar-refractivity contribution is 5.91. The lowest BCUT2D eigenvalue weighted by Gasteiger charge is -2.41. The summed E-state index contributed by atoms with van der Waals surface area (Å²) in [6.45, 7) is 10.6. The maximum Gasteiger partial charge on any atom is 0.287 e. The van der Waals surface area contributed by atoms with Gasteiger partial charge in [0.1, 0.15) is 18.1 Å². The molecule has 2 heterocycles. The molecule has 6 heteroatoms. The van der Waals surface area contributed by atoms with Gasteiger partial charge in [-0.3, -0.25) is 9.59 Å². The Balaban J connectivity index is 1.58. The van der Waals surface area contributed by atoms with E-state index in [1.807, 2.05) is 69.9 Å². The number of fused-ring (bicyclic) bond motifs is 1. The topological polar surface area (TPSA) is 71.8 Å². The van der Waals surface area contributed by atoms with Crippen LogP contribution in [-0.4, -0.2) is 29.3 Å². The molecule has 1 aromatic heterocycles. The van der Waals surface area contributed by atoms with Crippen LogP contribution in [0.2, 0.25) is 0 Å². The Kier molecular flexibility index (Phi) is 7.01. The van der Waals surface area contributed by atoms with E-state index in [1.165, 1.54) is 5.56 Å². The van der Waals surface area contributed by atoms with Crippen molar-refractivity contribution in [1.29, 1.82) is 0 Å². The van der Waals surface area contributed by atoms with Crippen LogP contribution in [0.3, 0.4) is 0 Å². The first-order valence-electron chi connectivity index (χ1n) is 12.1. The van der Waals surface area contributed by atoms with Crippen LogP contribution >= 0.6 is 0 Å². The van der Waals surface area contributed by atoms with E-state index in [2.05, 4.69) is 23.5 Å². The average Bonchev–Trinajstić information content (AvgIpc) is 3.30. The van der Waals surface area contributed by atoms with Crippen LogP contribution < -0.4 is 10.1 Å². The van der Waals surface area contributed by atoms with E-state index < -0.39 is 5.41 Å². The maximum absolute atomic E-state index is 13.4. The summed E-state index contributed by atoms with van der Waals surface area (Å²) in [5, 5.41) is 2.82. The Bertz CT molecular complexity index is 1190. The van der Waals surface area contributed by atoms with Crippen molar-refractivity contribution in [3.05, 3.63) is 88.9 Å². The van der Waals surface area contributed by atoms with Crippen molar-refractivity contribution in [3.8, 4) is 5.75 Å². The second-order valence-electron chi connectivity index (χ2n) is 10.4. The fourth-order valence-electron chi connectivity index (χ4n) is 4.39. The van der Waals surface area contributed by atoms with Gasteiger partial charge in [-0.1, -0.05) is 57.2 Å². The Morgan fingerprint density at radius 3 is 2.51 bits per heavy atom. The number of hydrogen-bond acceptors (Lipinski definition) is 4. The van der Waals surface area contributed by atoms with Gasteiger partial charge >= 0.3 is 0 Å². The Morgan fingerprint density at radius 1 is 1.09 bits per heavy atom. The first kappa shape index (κ1) is 24.6. The summed E-state index contributed by atoms with van der Waals surface area (Å²) >= 11 is 0. The normalized spacial score (nSPS) is 15.6. The van der Waals surface area contributed by atoms with Crippen molar-refractivity contribution in [1.82, 2.24) is 10.2 Å². The molecule has 2 aromatic carbocycles. The van der Waals surface area contributed by atoms with Crippen LogP contribution in [0.4, 0.5) is 0 Å². The fraction of sp³-hybridized carbons (Fsp3) is 0.379. The molecule has 3 aromatic rings. The molecule has 1 aliphatic heterocycles. The summed E-state index contributed by atoms with van der Waals surface area (Å²) < 4.78 is 11.7. The molecule has 0 fully saturated rings. The quantitative estimate of drug-likeness (QED) is 0.511. The van der Waals surface area contributed by atoms with E-state index in [0.717, 1.165) is 17.5 Å². The number of ether oxygens (including phenoxy) is 1. The molecule has 0 radical (unpaired) electrons. The molecule has 2 amide bonds. The van der Waals surface area contributed by atoms with Gasteiger partial charge in [0.15, 0.2) is 5.76 Å². The third kappa shape index (κ3) is 5.59. The fourth-order valence-corrected chi connectivity index (χ4v) is 4.39. The van der Waals surface area contributed by atoms with E-state index in [9.17, 15) is 9.59 Å². The number of nitrogens with zero attached hydrogens (tertiary/aromatic N) is 1. The van der Waals surface area contributed by atoms with Crippen molar-refractivity contribution in [2.45, 2.75) is 59.7 Å². The highest BCUT2D eigenvalue weighted by Crippen LogP contribution is 2.39. The number of rotatable bonds is 6.